The average Bonchev–Trinajstić information content (AvgIpc) is 2.92. The highest BCUT2D eigenvalue weighted by atomic mass is 16.5. The van der Waals surface area contributed by atoms with Gasteiger partial charge in [0.2, 0.25) is 5.88 Å². The second kappa shape index (κ2) is 6.93. The summed E-state index contributed by atoms with van der Waals surface area (Å²) < 4.78 is 13.5. The van der Waals surface area contributed by atoms with Crippen molar-refractivity contribution in [1.29, 1.82) is 0 Å². The van der Waals surface area contributed by atoms with Crippen molar-refractivity contribution in [3.63, 3.8) is 0 Å². The molecule has 7 nitrogen and oxygen atoms in total. The van der Waals surface area contributed by atoms with E-state index in [2.05, 4.69) is 5.10 Å². The third-order valence-electron chi connectivity index (χ3n) is 3.12. The van der Waals surface area contributed by atoms with E-state index in [4.69, 9.17) is 9.47 Å². The largest absolute Gasteiger partial charge is 0.472 e. The smallest absolute Gasteiger partial charge is 0.356 e. The van der Waals surface area contributed by atoms with Gasteiger partial charge in [0.15, 0.2) is 0 Å². The number of aryl methyl sites for hydroxylation is 2. The molecule has 0 aliphatic carbocycles. The Bertz CT molecular complexity index is 718. The lowest BCUT2D eigenvalue weighted by atomic mass is 10.3. The molecule has 0 bridgehead atoms. The number of esters is 1. The molecule has 0 aliphatic heterocycles. The number of pyridine rings is 1. The van der Waals surface area contributed by atoms with Crippen molar-refractivity contribution in [2.24, 2.45) is 7.05 Å². The van der Waals surface area contributed by atoms with Crippen LogP contribution in [0, 0.1) is 0 Å². The first-order valence-corrected chi connectivity index (χ1v) is 7.09. The maximum absolute atomic E-state index is 11.9. The van der Waals surface area contributed by atoms with E-state index < -0.39 is 5.97 Å². The molecule has 0 fully saturated rings. The Hall–Kier alpha value is -2.57. The first-order chi connectivity index (χ1) is 10.6. The summed E-state index contributed by atoms with van der Waals surface area (Å²) >= 11 is 0. The van der Waals surface area contributed by atoms with Crippen LogP contribution < -0.4 is 10.3 Å². The molecule has 0 spiro atoms. The Kier molecular flexibility index (Phi) is 4.98. The van der Waals surface area contributed by atoms with Gasteiger partial charge in [-0.2, -0.15) is 0 Å². The summed E-state index contributed by atoms with van der Waals surface area (Å²) in [6.45, 7) is 4.52. The zero-order chi connectivity index (χ0) is 16.1. The summed E-state index contributed by atoms with van der Waals surface area (Å²) in [4.78, 5) is 23.7. The van der Waals surface area contributed by atoms with Crippen LogP contribution in [0.15, 0.2) is 29.2 Å². The zero-order valence-corrected chi connectivity index (χ0v) is 12.9. The second-order valence-electron chi connectivity index (χ2n) is 4.64. The Labute approximate surface area is 128 Å². The summed E-state index contributed by atoms with van der Waals surface area (Å²) in [5, 5.41) is 4.18. The molecule has 0 unspecified atom stereocenters. The molecule has 0 atom stereocenters. The molecule has 2 rings (SSSR count). The Morgan fingerprint density at radius 1 is 1.36 bits per heavy atom. The molecule has 0 amide bonds. The standard InChI is InChI=1S/C15H19N3O4/c1-4-18-12(15(20)21-5-2)9-13(16-18)22-10-11-7-6-8-17(3)14(11)19/h6-9H,4-5,10H2,1-3H3. The highest BCUT2D eigenvalue weighted by molar-refractivity contribution is 5.87. The number of carbonyl (C=O) groups is 1. The van der Waals surface area contributed by atoms with Gasteiger partial charge in [-0.25, -0.2) is 4.79 Å². The molecule has 22 heavy (non-hydrogen) atoms. The first kappa shape index (κ1) is 15.8. The maximum atomic E-state index is 11.9. The van der Waals surface area contributed by atoms with Crippen LogP contribution in [0.5, 0.6) is 5.88 Å². The average molecular weight is 305 g/mol. The number of rotatable bonds is 6. The minimum Gasteiger partial charge on any atom is -0.472 e. The predicted octanol–water partition coefficient (Wildman–Crippen LogP) is 1.36. The Morgan fingerprint density at radius 3 is 2.82 bits per heavy atom. The summed E-state index contributed by atoms with van der Waals surface area (Å²) in [7, 11) is 1.68. The lowest BCUT2D eigenvalue weighted by Crippen LogP contribution is -2.21. The first-order valence-electron chi connectivity index (χ1n) is 7.09. The van der Waals surface area contributed by atoms with Gasteiger partial charge in [0.1, 0.15) is 12.3 Å². The van der Waals surface area contributed by atoms with Crippen LogP contribution in [-0.4, -0.2) is 26.9 Å². The maximum Gasteiger partial charge on any atom is 0.356 e. The minimum atomic E-state index is -0.442. The van der Waals surface area contributed by atoms with E-state index in [0.29, 0.717) is 24.4 Å². The third kappa shape index (κ3) is 3.36. The van der Waals surface area contributed by atoms with Gasteiger partial charge in [0, 0.05) is 25.9 Å². The predicted molar refractivity (Wildman–Crippen MR) is 79.9 cm³/mol. The van der Waals surface area contributed by atoms with Gasteiger partial charge in [-0.1, -0.05) is 0 Å². The highest BCUT2D eigenvalue weighted by Gasteiger charge is 2.16. The fraction of sp³-hybridized carbons (Fsp3) is 0.400. The molecule has 2 aromatic rings. The van der Waals surface area contributed by atoms with Crippen molar-refractivity contribution in [2.45, 2.75) is 27.0 Å². The van der Waals surface area contributed by atoms with Crippen LogP contribution in [-0.2, 0) is 24.9 Å². The van der Waals surface area contributed by atoms with Gasteiger partial charge < -0.3 is 14.0 Å². The minimum absolute atomic E-state index is 0.0938. The summed E-state index contributed by atoms with van der Waals surface area (Å²) in [5.41, 5.74) is 0.733. The lowest BCUT2D eigenvalue weighted by Gasteiger charge is -2.04. The van der Waals surface area contributed by atoms with Crippen LogP contribution in [0.25, 0.3) is 0 Å². The van der Waals surface area contributed by atoms with E-state index in [1.54, 1.807) is 32.3 Å². The number of hydrogen-bond acceptors (Lipinski definition) is 5. The Balaban J connectivity index is 2.15. The third-order valence-corrected chi connectivity index (χ3v) is 3.12. The lowest BCUT2D eigenvalue weighted by molar-refractivity contribution is 0.0512. The molecule has 0 radical (unpaired) electrons. The van der Waals surface area contributed by atoms with Crippen molar-refractivity contribution in [1.82, 2.24) is 14.3 Å². The molecule has 2 heterocycles. The SMILES string of the molecule is CCOC(=O)c1cc(OCc2cccn(C)c2=O)nn1CC. The number of ether oxygens (including phenoxy) is 2. The van der Waals surface area contributed by atoms with Crippen LogP contribution in [0.2, 0.25) is 0 Å². The molecular weight excluding hydrogens is 286 g/mol. The molecule has 0 N–H and O–H groups in total. The van der Waals surface area contributed by atoms with Crippen LogP contribution in [0.3, 0.4) is 0 Å². The monoisotopic (exact) mass is 305 g/mol. The van der Waals surface area contributed by atoms with Crippen LogP contribution >= 0.6 is 0 Å². The van der Waals surface area contributed by atoms with Gasteiger partial charge in [-0.3, -0.25) is 9.48 Å². The van der Waals surface area contributed by atoms with Crippen molar-refractivity contribution in [3.05, 3.63) is 46.0 Å². The van der Waals surface area contributed by atoms with Gasteiger partial charge in [0.25, 0.3) is 5.56 Å². The summed E-state index contributed by atoms with van der Waals surface area (Å²) in [5.74, 6) is -0.155. The van der Waals surface area contributed by atoms with Gasteiger partial charge in [0.05, 0.1) is 12.2 Å². The van der Waals surface area contributed by atoms with Crippen molar-refractivity contribution < 1.29 is 14.3 Å². The van der Waals surface area contributed by atoms with Gasteiger partial charge >= 0.3 is 5.97 Å². The fourth-order valence-electron chi connectivity index (χ4n) is 1.99. The molecule has 0 aromatic carbocycles. The van der Waals surface area contributed by atoms with Crippen molar-refractivity contribution in [3.8, 4) is 5.88 Å². The Morgan fingerprint density at radius 2 is 2.14 bits per heavy atom. The number of nitrogens with zero attached hydrogens (tertiary/aromatic N) is 3. The molecule has 0 saturated carbocycles. The zero-order valence-electron chi connectivity index (χ0n) is 12.9. The molecule has 2 aromatic heterocycles. The number of aromatic nitrogens is 3. The van der Waals surface area contributed by atoms with Gasteiger partial charge in [-0.05, 0) is 26.0 Å². The van der Waals surface area contributed by atoms with E-state index in [0.717, 1.165) is 0 Å². The number of carbonyl (C=O) groups excluding carboxylic acids is 1. The van der Waals surface area contributed by atoms with E-state index in [1.165, 1.54) is 15.3 Å². The van der Waals surface area contributed by atoms with E-state index in [1.807, 2.05) is 6.92 Å². The molecule has 0 saturated heterocycles. The van der Waals surface area contributed by atoms with E-state index in [9.17, 15) is 9.59 Å². The topological polar surface area (TPSA) is 75.3 Å². The van der Waals surface area contributed by atoms with Crippen LogP contribution in [0.1, 0.15) is 29.9 Å². The number of hydrogen-bond donors (Lipinski definition) is 0. The normalized spacial score (nSPS) is 10.5. The molecular formula is C15H19N3O4. The summed E-state index contributed by atoms with van der Waals surface area (Å²) in [6.07, 6.45) is 1.68. The summed E-state index contributed by atoms with van der Waals surface area (Å²) in [6, 6.07) is 5.00. The van der Waals surface area contributed by atoms with Gasteiger partial charge in [-0.15, -0.1) is 5.10 Å². The molecule has 118 valence electrons. The molecule has 7 heteroatoms. The fourth-order valence-corrected chi connectivity index (χ4v) is 1.99. The van der Waals surface area contributed by atoms with Crippen molar-refractivity contribution >= 4 is 5.97 Å². The van der Waals surface area contributed by atoms with E-state index in [-0.39, 0.29) is 18.0 Å². The van der Waals surface area contributed by atoms with Crippen molar-refractivity contribution in [2.75, 3.05) is 6.61 Å². The molecule has 0 aliphatic rings. The highest BCUT2D eigenvalue weighted by Crippen LogP contribution is 2.14. The van der Waals surface area contributed by atoms with E-state index >= 15 is 0 Å². The second-order valence-corrected chi connectivity index (χ2v) is 4.64. The quantitative estimate of drug-likeness (QED) is 0.753. The van der Waals surface area contributed by atoms with Crippen LogP contribution in [0.4, 0.5) is 0 Å².